The smallest absolute Gasteiger partial charge is 0.0840 e. The lowest BCUT2D eigenvalue weighted by atomic mass is 9.89. The van der Waals surface area contributed by atoms with Gasteiger partial charge in [-0.25, -0.2) is 0 Å². The minimum Gasteiger partial charge on any atom is -0.113 e. The van der Waals surface area contributed by atoms with Gasteiger partial charge < -0.3 is 0 Å². The first kappa shape index (κ1) is 16.1. The van der Waals surface area contributed by atoms with Crippen LogP contribution in [0.3, 0.4) is 0 Å². The lowest BCUT2D eigenvalue weighted by Crippen LogP contribution is -2.05. The van der Waals surface area contributed by atoms with Crippen LogP contribution in [0.2, 0.25) is 0 Å². The highest BCUT2D eigenvalue weighted by Crippen LogP contribution is 2.35. The van der Waals surface area contributed by atoms with Crippen molar-refractivity contribution in [3.8, 4) is 0 Å². The van der Waals surface area contributed by atoms with Gasteiger partial charge in [0.2, 0.25) is 0 Å². The topological polar surface area (TPSA) is 0 Å². The van der Waals surface area contributed by atoms with E-state index in [0.717, 1.165) is 19.3 Å². The van der Waals surface area contributed by atoms with E-state index >= 15 is 0 Å². The Labute approximate surface area is 134 Å². The van der Waals surface area contributed by atoms with Gasteiger partial charge in [0.25, 0.3) is 0 Å². The molecule has 0 aromatic heterocycles. The van der Waals surface area contributed by atoms with E-state index in [-0.39, 0.29) is 5.38 Å². The van der Waals surface area contributed by atoms with Crippen molar-refractivity contribution in [1.82, 2.24) is 0 Å². The number of alkyl halides is 1. The second-order valence-corrected chi connectivity index (χ2v) is 6.10. The van der Waals surface area contributed by atoms with E-state index in [0.29, 0.717) is 0 Å². The minimum absolute atomic E-state index is 0.0543. The zero-order valence-corrected chi connectivity index (χ0v) is 14.3. The Balaban J connectivity index is 2.52. The molecule has 1 unspecified atom stereocenters. The maximum Gasteiger partial charge on any atom is 0.0840 e. The molecule has 0 amide bonds. The van der Waals surface area contributed by atoms with E-state index in [1.165, 1.54) is 33.4 Å². The Hall–Kier alpha value is -1.27. The molecule has 1 atom stereocenters. The summed E-state index contributed by atoms with van der Waals surface area (Å²) in [7, 11) is 0. The number of rotatable bonds is 5. The first-order chi connectivity index (χ1) is 10.1. The molecule has 0 spiro atoms. The zero-order chi connectivity index (χ0) is 15.4. The average molecular weight is 301 g/mol. The average Bonchev–Trinajstić information content (AvgIpc) is 2.53. The van der Waals surface area contributed by atoms with Gasteiger partial charge in [0.05, 0.1) is 5.38 Å². The van der Waals surface area contributed by atoms with E-state index < -0.39 is 0 Å². The highest BCUT2D eigenvalue weighted by Gasteiger charge is 2.18. The van der Waals surface area contributed by atoms with Crippen molar-refractivity contribution in [1.29, 1.82) is 0 Å². The second-order valence-electron chi connectivity index (χ2n) is 5.66. The third-order valence-electron chi connectivity index (χ3n) is 4.20. The van der Waals surface area contributed by atoms with E-state index in [1.54, 1.807) is 0 Å². The monoisotopic (exact) mass is 300 g/mol. The second kappa shape index (κ2) is 7.13. The van der Waals surface area contributed by atoms with Crippen molar-refractivity contribution >= 4 is 11.6 Å². The predicted molar refractivity (Wildman–Crippen MR) is 93.5 cm³/mol. The highest BCUT2D eigenvalue weighted by molar-refractivity contribution is 6.22. The summed E-state index contributed by atoms with van der Waals surface area (Å²) in [6, 6.07) is 13.3. The summed E-state index contributed by atoms with van der Waals surface area (Å²) in [5, 5.41) is -0.0543. The van der Waals surface area contributed by atoms with Gasteiger partial charge in [0, 0.05) is 0 Å². The van der Waals surface area contributed by atoms with Crippen LogP contribution in [0.15, 0.2) is 36.4 Å². The summed E-state index contributed by atoms with van der Waals surface area (Å²) in [5.74, 6) is 0. The molecule has 1 heteroatoms. The van der Waals surface area contributed by atoms with Gasteiger partial charge in [0.15, 0.2) is 0 Å². The summed E-state index contributed by atoms with van der Waals surface area (Å²) in [5.41, 5.74) is 7.99. The number of halogens is 1. The molecule has 112 valence electrons. The third kappa shape index (κ3) is 3.49. The van der Waals surface area contributed by atoms with Crippen LogP contribution in [0.5, 0.6) is 0 Å². The van der Waals surface area contributed by atoms with E-state index in [9.17, 15) is 0 Å². The minimum atomic E-state index is -0.0543. The summed E-state index contributed by atoms with van der Waals surface area (Å²) < 4.78 is 0. The molecule has 0 saturated heterocycles. The molecule has 0 aliphatic heterocycles. The molecule has 0 nitrogen and oxygen atoms in total. The first-order valence-corrected chi connectivity index (χ1v) is 8.39. The fraction of sp³-hybridized carbons (Fsp3) is 0.400. The molecule has 2 aromatic carbocycles. The number of hydrogen-bond acceptors (Lipinski definition) is 0. The normalized spacial score (nSPS) is 12.4. The number of hydrogen-bond donors (Lipinski definition) is 0. The molecule has 2 aromatic rings. The van der Waals surface area contributed by atoms with Crippen molar-refractivity contribution in [2.75, 3.05) is 0 Å². The van der Waals surface area contributed by atoms with Crippen LogP contribution in [-0.2, 0) is 19.3 Å². The van der Waals surface area contributed by atoms with Gasteiger partial charge in [-0.1, -0.05) is 62.7 Å². The molecule has 0 heterocycles. The summed E-state index contributed by atoms with van der Waals surface area (Å²) in [4.78, 5) is 0. The van der Waals surface area contributed by atoms with Crippen molar-refractivity contribution < 1.29 is 0 Å². The molecule has 0 aliphatic carbocycles. The lowest BCUT2D eigenvalue weighted by molar-refractivity contribution is 0.963. The van der Waals surface area contributed by atoms with Crippen LogP contribution >= 0.6 is 11.6 Å². The molecule has 0 N–H and O–H groups in total. The van der Waals surface area contributed by atoms with Crippen molar-refractivity contribution in [3.63, 3.8) is 0 Å². The number of benzene rings is 2. The standard InChI is InChI=1S/C20H25Cl/c1-5-15-12-16(6-2)19(17(7-3)13-15)20(21)18-10-8-14(4)9-11-18/h8-13,20H,5-7H2,1-4H3. The molecular formula is C20H25Cl. The first-order valence-electron chi connectivity index (χ1n) is 7.95. The van der Waals surface area contributed by atoms with Crippen molar-refractivity contribution in [2.45, 2.75) is 52.3 Å². The van der Waals surface area contributed by atoms with Crippen LogP contribution < -0.4 is 0 Å². The predicted octanol–water partition coefficient (Wildman–Crippen LogP) is 6.01. The maximum atomic E-state index is 6.85. The Morgan fingerprint density at radius 3 is 1.81 bits per heavy atom. The van der Waals surface area contributed by atoms with E-state index in [1.807, 2.05) is 0 Å². The van der Waals surface area contributed by atoms with Gasteiger partial charge >= 0.3 is 0 Å². The molecule has 0 saturated carbocycles. The molecular weight excluding hydrogens is 276 g/mol. The van der Waals surface area contributed by atoms with Crippen LogP contribution in [0.25, 0.3) is 0 Å². The van der Waals surface area contributed by atoms with Crippen LogP contribution in [0.1, 0.15) is 59.5 Å². The molecule has 21 heavy (non-hydrogen) atoms. The summed E-state index contributed by atoms with van der Waals surface area (Å²) >= 11 is 6.85. The number of aryl methyl sites for hydroxylation is 4. The van der Waals surface area contributed by atoms with Gasteiger partial charge in [0.1, 0.15) is 0 Å². The molecule has 0 radical (unpaired) electrons. The van der Waals surface area contributed by atoms with E-state index in [4.69, 9.17) is 11.6 Å². The van der Waals surface area contributed by atoms with E-state index in [2.05, 4.69) is 64.1 Å². The van der Waals surface area contributed by atoms with Crippen LogP contribution in [0.4, 0.5) is 0 Å². The molecule has 2 rings (SSSR count). The Morgan fingerprint density at radius 2 is 1.38 bits per heavy atom. The SMILES string of the molecule is CCc1cc(CC)c(C(Cl)c2ccc(C)cc2)c(CC)c1. The third-order valence-corrected chi connectivity index (χ3v) is 4.67. The van der Waals surface area contributed by atoms with Crippen LogP contribution in [-0.4, -0.2) is 0 Å². The lowest BCUT2D eigenvalue weighted by Gasteiger charge is -2.20. The van der Waals surface area contributed by atoms with Gasteiger partial charge in [-0.3, -0.25) is 0 Å². The fourth-order valence-corrected chi connectivity index (χ4v) is 3.29. The molecule has 0 fully saturated rings. The molecule has 0 bridgehead atoms. The summed E-state index contributed by atoms with van der Waals surface area (Å²) in [6.07, 6.45) is 3.15. The highest BCUT2D eigenvalue weighted by atomic mass is 35.5. The van der Waals surface area contributed by atoms with Gasteiger partial charge in [-0.2, -0.15) is 0 Å². The van der Waals surface area contributed by atoms with Gasteiger partial charge in [-0.05, 0) is 54.0 Å². The maximum absolute atomic E-state index is 6.85. The fourth-order valence-electron chi connectivity index (χ4n) is 2.87. The summed E-state index contributed by atoms with van der Waals surface area (Å²) in [6.45, 7) is 8.76. The Morgan fingerprint density at radius 1 is 0.857 bits per heavy atom. The Kier molecular flexibility index (Phi) is 5.47. The Bertz CT molecular complexity index is 571. The quantitative estimate of drug-likeness (QED) is 0.593. The largest absolute Gasteiger partial charge is 0.113 e. The van der Waals surface area contributed by atoms with Crippen molar-refractivity contribution in [2.24, 2.45) is 0 Å². The zero-order valence-electron chi connectivity index (χ0n) is 13.5. The van der Waals surface area contributed by atoms with Gasteiger partial charge in [-0.15, -0.1) is 11.6 Å². The van der Waals surface area contributed by atoms with Crippen LogP contribution in [0, 0.1) is 6.92 Å². The van der Waals surface area contributed by atoms with Crippen molar-refractivity contribution in [3.05, 3.63) is 69.8 Å². The molecule has 0 aliphatic rings.